The predicted molar refractivity (Wildman–Crippen MR) is 97.4 cm³/mol. The lowest BCUT2D eigenvalue weighted by Crippen LogP contribution is -2.24. The third-order valence-electron chi connectivity index (χ3n) is 3.61. The van der Waals surface area contributed by atoms with Gasteiger partial charge in [-0.2, -0.15) is 0 Å². The zero-order valence-electron chi connectivity index (χ0n) is 13.6. The summed E-state index contributed by atoms with van der Waals surface area (Å²) in [5.74, 6) is -0.185. The Kier molecular flexibility index (Phi) is 4.69. The van der Waals surface area contributed by atoms with E-state index >= 15 is 0 Å². The fourth-order valence-corrected chi connectivity index (χ4v) is 3.74. The van der Waals surface area contributed by atoms with Gasteiger partial charge in [0.2, 0.25) is 5.91 Å². The predicted octanol–water partition coefficient (Wildman–Crippen LogP) is 3.95. The van der Waals surface area contributed by atoms with Crippen LogP contribution in [-0.4, -0.2) is 20.3 Å². The number of aromatic nitrogens is 3. The van der Waals surface area contributed by atoms with Crippen molar-refractivity contribution in [2.75, 3.05) is 0 Å². The average Bonchev–Trinajstić information content (AvgIpc) is 3.03. The Bertz CT molecular complexity index is 928. The SMILES string of the molecule is Cc1nc(C)c([C@@H](C)NC(=O)/C=C\c2c(Cl)nc3ccccn23)s1. The van der Waals surface area contributed by atoms with Crippen LogP contribution < -0.4 is 5.32 Å². The van der Waals surface area contributed by atoms with Crippen LogP contribution in [0.2, 0.25) is 5.15 Å². The summed E-state index contributed by atoms with van der Waals surface area (Å²) in [5.41, 5.74) is 2.38. The first-order valence-corrected chi connectivity index (χ1v) is 8.70. The minimum atomic E-state index is -0.185. The van der Waals surface area contributed by atoms with Gasteiger partial charge >= 0.3 is 0 Å². The summed E-state index contributed by atoms with van der Waals surface area (Å²) in [6, 6.07) is 5.55. The van der Waals surface area contributed by atoms with Crippen molar-refractivity contribution in [2.24, 2.45) is 0 Å². The summed E-state index contributed by atoms with van der Waals surface area (Å²) in [4.78, 5) is 21.9. The van der Waals surface area contributed by atoms with Crippen LogP contribution >= 0.6 is 22.9 Å². The summed E-state index contributed by atoms with van der Waals surface area (Å²) in [6.45, 7) is 5.87. The number of hydrogen-bond donors (Lipinski definition) is 1. The van der Waals surface area contributed by atoms with E-state index < -0.39 is 0 Å². The van der Waals surface area contributed by atoms with E-state index in [2.05, 4.69) is 15.3 Å². The molecule has 0 saturated carbocycles. The van der Waals surface area contributed by atoms with Crippen molar-refractivity contribution >= 4 is 40.6 Å². The summed E-state index contributed by atoms with van der Waals surface area (Å²) < 4.78 is 1.84. The number of rotatable bonds is 4. The van der Waals surface area contributed by atoms with Crippen molar-refractivity contribution in [1.82, 2.24) is 19.7 Å². The number of nitrogens with zero attached hydrogens (tertiary/aromatic N) is 3. The lowest BCUT2D eigenvalue weighted by atomic mass is 10.2. The second-order valence-corrected chi connectivity index (χ2v) is 7.06. The molecule has 0 aliphatic carbocycles. The maximum absolute atomic E-state index is 12.2. The molecule has 3 rings (SSSR count). The molecule has 0 fully saturated rings. The molecule has 0 unspecified atom stereocenters. The van der Waals surface area contributed by atoms with Crippen LogP contribution in [0.1, 0.15) is 34.2 Å². The molecule has 3 aromatic heterocycles. The lowest BCUT2D eigenvalue weighted by Gasteiger charge is -2.11. The quantitative estimate of drug-likeness (QED) is 0.716. The zero-order valence-corrected chi connectivity index (χ0v) is 15.1. The van der Waals surface area contributed by atoms with Crippen LogP contribution in [0.3, 0.4) is 0 Å². The molecule has 0 bridgehead atoms. The van der Waals surface area contributed by atoms with Gasteiger partial charge in [0.25, 0.3) is 0 Å². The normalized spacial score (nSPS) is 12.8. The molecule has 5 nitrogen and oxygen atoms in total. The molecular formula is C17H17ClN4OS. The molecule has 0 aliphatic heterocycles. The highest BCUT2D eigenvalue weighted by molar-refractivity contribution is 7.11. The number of carbonyl (C=O) groups is 1. The second-order valence-electron chi connectivity index (χ2n) is 5.46. The van der Waals surface area contributed by atoms with E-state index in [-0.39, 0.29) is 11.9 Å². The molecule has 24 heavy (non-hydrogen) atoms. The Morgan fingerprint density at radius 3 is 2.88 bits per heavy atom. The lowest BCUT2D eigenvalue weighted by molar-refractivity contribution is -0.117. The highest BCUT2D eigenvalue weighted by Gasteiger charge is 2.14. The van der Waals surface area contributed by atoms with Crippen LogP contribution in [-0.2, 0) is 4.79 Å². The van der Waals surface area contributed by atoms with Gasteiger partial charge in [-0.15, -0.1) is 11.3 Å². The number of halogens is 1. The molecule has 0 aromatic carbocycles. The van der Waals surface area contributed by atoms with E-state index in [9.17, 15) is 4.79 Å². The van der Waals surface area contributed by atoms with Crippen LogP contribution in [0.25, 0.3) is 11.7 Å². The van der Waals surface area contributed by atoms with E-state index in [1.54, 1.807) is 17.4 Å². The zero-order chi connectivity index (χ0) is 17.3. The number of amides is 1. The molecule has 0 radical (unpaired) electrons. The number of nitrogens with one attached hydrogen (secondary N) is 1. The largest absolute Gasteiger partial charge is 0.345 e. The van der Waals surface area contributed by atoms with E-state index in [0.717, 1.165) is 21.2 Å². The molecule has 1 amide bonds. The first-order chi connectivity index (χ1) is 11.5. The number of imidazole rings is 1. The number of pyridine rings is 1. The maximum atomic E-state index is 12.2. The van der Waals surface area contributed by atoms with E-state index in [1.807, 2.05) is 49.6 Å². The second kappa shape index (κ2) is 6.75. The molecule has 7 heteroatoms. The number of aryl methyl sites for hydroxylation is 2. The molecule has 3 heterocycles. The smallest absolute Gasteiger partial charge is 0.244 e. The van der Waals surface area contributed by atoms with Crippen LogP contribution in [0.4, 0.5) is 0 Å². The van der Waals surface area contributed by atoms with Crippen molar-refractivity contribution < 1.29 is 4.79 Å². The number of carbonyl (C=O) groups excluding carboxylic acids is 1. The molecule has 0 saturated heterocycles. The van der Waals surface area contributed by atoms with E-state index in [0.29, 0.717) is 10.8 Å². The Balaban J connectivity index is 1.75. The summed E-state index contributed by atoms with van der Waals surface area (Å²) in [7, 11) is 0. The van der Waals surface area contributed by atoms with Crippen LogP contribution in [0.15, 0.2) is 30.5 Å². The van der Waals surface area contributed by atoms with Gasteiger partial charge in [-0.05, 0) is 39.0 Å². The van der Waals surface area contributed by atoms with Crippen LogP contribution in [0, 0.1) is 13.8 Å². The fraction of sp³-hybridized carbons (Fsp3) is 0.235. The van der Waals surface area contributed by atoms with Gasteiger partial charge in [0.15, 0.2) is 5.15 Å². The van der Waals surface area contributed by atoms with Gasteiger partial charge in [0, 0.05) is 17.2 Å². The van der Waals surface area contributed by atoms with Gasteiger partial charge < -0.3 is 5.32 Å². The third kappa shape index (κ3) is 3.34. The monoisotopic (exact) mass is 360 g/mol. The Morgan fingerprint density at radius 2 is 2.17 bits per heavy atom. The molecule has 0 spiro atoms. The molecular weight excluding hydrogens is 344 g/mol. The van der Waals surface area contributed by atoms with Gasteiger partial charge in [-0.25, -0.2) is 9.97 Å². The Hall–Kier alpha value is -2.18. The first kappa shape index (κ1) is 16.7. The summed E-state index contributed by atoms with van der Waals surface area (Å²) in [5, 5.41) is 4.32. The molecule has 1 atom stereocenters. The van der Waals surface area contributed by atoms with E-state index in [4.69, 9.17) is 11.6 Å². The maximum Gasteiger partial charge on any atom is 0.244 e. The highest BCUT2D eigenvalue weighted by Crippen LogP contribution is 2.24. The van der Waals surface area contributed by atoms with Gasteiger partial charge in [0.1, 0.15) is 5.65 Å². The number of hydrogen-bond acceptors (Lipinski definition) is 4. The summed E-state index contributed by atoms with van der Waals surface area (Å²) >= 11 is 7.75. The van der Waals surface area contributed by atoms with Crippen molar-refractivity contribution in [1.29, 1.82) is 0 Å². The summed E-state index contributed by atoms with van der Waals surface area (Å²) in [6.07, 6.45) is 5.01. The van der Waals surface area contributed by atoms with Gasteiger partial charge in [-0.1, -0.05) is 17.7 Å². The molecule has 0 aliphatic rings. The van der Waals surface area contributed by atoms with Crippen molar-refractivity contribution in [3.8, 4) is 0 Å². The molecule has 3 aromatic rings. The molecule has 1 N–H and O–H groups in total. The van der Waals surface area contributed by atoms with Crippen molar-refractivity contribution in [2.45, 2.75) is 26.8 Å². The minimum Gasteiger partial charge on any atom is -0.345 e. The van der Waals surface area contributed by atoms with E-state index in [1.165, 1.54) is 6.08 Å². The highest BCUT2D eigenvalue weighted by atomic mass is 35.5. The average molecular weight is 361 g/mol. The number of thiazole rings is 1. The Morgan fingerprint density at radius 1 is 1.38 bits per heavy atom. The van der Waals surface area contributed by atoms with Crippen molar-refractivity contribution in [3.63, 3.8) is 0 Å². The fourth-order valence-electron chi connectivity index (χ4n) is 2.57. The van der Waals surface area contributed by atoms with Crippen LogP contribution in [0.5, 0.6) is 0 Å². The number of fused-ring (bicyclic) bond motifs is 1. The minimum absolute atomic E-state index is 0.0917. The Labute approximate surface area is 149 Å². The topological polar surface area (TPSA) is 59.3 Å². The third-order valence-corrected chi connectivity index (χ3v) is 5.14. The molecule has 124 valence electrons. The van der Waals surface area contributed by atoms with Gasteiger partial charge in [0.05, 0.1) is 22.4 Å². The first-order valence-electron chi connectivity index (χ1n) is 7.51. The van der Waals surface area contributed by atoms with Crippen molar-refractivity contribution in [3.05, 3.63) is 56.9 Å². The standard InChI is InChI=1S/C17H17ClN4OS/c1-10-16(24-12(3)19-10)11(2)20-15(23)8-7-13-17(18)21-14-6-4-5-9-22(13)14/h4-9,11H,1-3H3,(H,20,23)/b8-7-/t11-/m1/s1. The van der Waals surface area contributed by atoms with Gasteiger partial charge in [-0.3, -0.25) is 9.20 Å².